The van der Waals surface area contributed by atoms with Gasteiger partial charge in [0.05, 0.1) is 26.2 Å². The predicted molar refractivity (Wildman–Crippen MR) is 136 cm³/mol. The summed E-state index contributed by atoms with van der Waals surface area (Å²) < 4.78 is 36.9. The van der Waals surface area contributed by atoms with Gasteiger partial charge >= 0.3 is 0 Å². The Morgan fingerprint density at radius 2 is 1.71 bits per heavy atom. The quantitative estimate of drug-likeness (QED) is 0.476. The Bertz CT molecular complexity index is 1140. The standard InChI is InChI=1S/C25H35N3O6S/c1-7-14-26-25(30)19(3)27(16-20-11-9-8-10-18(20)2)24(29)17-28(35(6,31)32)21-12-13-22(33-4)23(15-21)34-5/h8-13,15,19H,7,14,16-17H2,1-6H3,(H,26,30). The number of nitrogens with one attached hydrogen (secondary N) is 1. The molecule has 0 aromatic heterocycles. The molecule has 9 nitrogen and oxygen atoms in total. The summed E-state index contributed by atoms with van der Waals surface area (Å²) in [5.74, 6) is -0.0491. The molecule has 0 aliphatic carbocycles. The molecule has 2 aromatic rings. The van der Waals surface area contributed by atoms with Crippen molar-refractivity contribution in [1.82, 2.24) is 10.2 Å². The van der Waals surface area contributed by atoms with Crippen LogP contribution >= 0.6 is 0 Å². The molecule has 0 radical (unpaired) electrons. The topological polar surface area (TPSA) is 105 Å². The molecule has 2 aromatic carbocycles. The molecule has 1 unspecified atom stereocenters. The predicted octanol–water partition coefficient (Wildman–Crippen LogP) is 2.72. The molecule has 10 heteroatoms. The molecule has 0 saturated carbocycles. The van der Waals surface area contributed by atoms with Crippen LogP contribution < -0.4 is 19.1 Å². The van der Waals surface area contributed by atoms with E-state index in [0.29, 0.717) is 18.0 Å². The first-order chi connectivity index (χ1) is 16.5. The number of hydrogen-bond donors (Lipinski definition) is 1. The lowest BCUT2D eigenvalue weighted by atomic mass is 10.1. The van der Waals surface area contributed by atoms with Gasteiger partial charge in [0.15, 0.2) is 11.5 Å². The van der Waals surface area contributed by atoms with Crippen LogP contribution in [0.4, 0.5) is 5.69 Å². The molecule has 0 bridgehead atoms. The molecule has 0 saturated heterocycles. The molecule has 2 rings (SSSR count). The van der Waals surface area contributed by atoms with Gasteiger partial charge in [0, 0.05) is 19.2 Å². The molecule has 0 spiro atoms. The van der Waals surface area contributed by atoms with E-state index in [-0.39, 0.29) is 18.1 Å². The average Bonchev–Trinajstić information content (AvgIpc) is 2.83. The normalized spacial score (nSPS) is 11.9. The van der Waals surface area contributed by atoms with Crippen LogP contribution in [0.5, 0.6) is 11.5 Å². The molecule has 35 heavy (non-hydrogen) atoms. The number of aryl methyl sites for hydroxylation is 1. The second kappa shape index (κ2) is 12.4. The third-order valence-electron chi connectivity index (χ3n) is 5.65. The van der Waals surface area contributed by atoms with E-state index in [4.69, 9.17) is 9.47 Å². The van der Waals surface area contributed by atoms with E-state index in [9.17, 15) is 18.0 Å². The van der Waals surface area contributed by atoms with Crippen LogP contribution in [0, 0.1) is 6.92 Å². The summed E-state index contributed by atoms with van der Waals surface area (Å²) in [7, 11) is -0.925. The van der Waals surface area contributed by atoms with Crippen LogP contribution in [0.25, 0.3) is 0 Å². The molecule has 1 atom stereocenters. The maximum Gasteiger partial charge on any atom is 0.244 e. The van der Waals surface area contributed by atoms with Crippen molar-refractivity contribution in [2.45, 2.75) is 39.8 Å². The van der Waals surface area contributed by atoms with Crippen LogP contribution in [0.2, 0.25) is 0 Å². The lowest BCUT2D eigenvalue weighted by Gasteiger charge is -2.32. The Balaban J connectivity index is 2.43. The van der Waals surface area contributed by atoms with Gasteiger partial charge in [0.2, 0.25) is 21.8 Å². The number of methoxy groups -OCH3 is 2. The molecule has 192 valence electrons. The van der Waals surface area contributed by atoms with Gasteiger partial charge in [-0.25, -0.2) is 8.42 Å². The highest BCUT2D eigenvalue weighted by Gasteiger charge is 2.30. The van der Waals surface area contributed by atoms with Gasteiger partial charge in [-0.05, 0) is 43.5 Å². The molecule has 0 heterocycles. The number of carbonyl (C=O) groups is 2. The highest BCUT2D eigenvalue weighted by atomic mass is 32.2. The first kappa shape index (κ1) is 28.0. The van der Waals surface area contributed by atoms with Crippen LogP contribution in [0.15, 0.2) is 42.5 Å². The second-order valence-electron chi connectivity index (χ2n) is 8.22. The minimum Gasteiger partial charge on any atom is -0.493 e. The average molecular weight is 506 g/mol. The van der Waals surface area contributed by atoms with E-state index in [1.54, 1.807) is 19.1 Å². The van der Waals surface area contributed by atoms with Crippen molar-refractivity contribution in [2.24, 2.45) is 0 Å². The molecule has 2 amide bonds. The summed E-state index contributed by atoms with van der Waals surface area (Å²) in [4.78, 5) is 27.7. The largest absolute Gasteiger partial charge is 0.493 e. The Hall–Kier alpha value is -3.27. The van der Waals surface area contributed by atoms with Crippen molar-refractivity contribution in [3.05, 3.63) is 53.6 Å². The highest BCUT2D eigenvalue weighted by molar-refractivity contribution is 7.92. The maximum atomic E-state index is 13.6. The van der Waals surface area contributed by atoms with E-state index in [0.717, 1.165) is 28.1 Å². The van der Waals surface area contributed by atoms with Crippen molar-refractivity contribution >= 4 is 27.5 Å². The van der Waals surface area contributed by atoms with Gasteiger partial charge in [-0.3, -0.25) is 13.9 Å². The summed E-state index contributed by atoms with van der Waals surface area (Å²) in [6.45, 7) is 5.67. The molecule has 1 N–H and O–H groups in total. The number of carbonyl (C=O) groups excluding carboxylic acids is 2. The number of anilines is 1. The highest BCUT2D eigenvalue weighted by Crippen LogP contribution is 2.32. The van der Waals surface area contributed by atoms with Crippen molar-refractivity contribution in [2.75, 3.05) is 37.9 Å². The van der Waals surface area contributed by atoms with Gasteiger partial charge in [-0.1, -0.05) is 31.2 Å². The number of sulfonamides is 1. The van der Waals surface area contributed by atoms with Gasteiger partial charge in [0.1, 0.15) is 12.6 Å². The number of amides is 2. The number of nitrogens with zero attached hydrogens (tertiary/aromatic N) is 2. The van der Waals surface area contributed by atoms with E-state index in [2.05, 4.69) is 5.32 Å². The zero-order chi connectivity index (χ0) is 26.2. The van der Waals surface area contributed by atoms with Crippen LogP contribution in [-0.4, -0.2) is 64.7 Å². The molecule has 0 fully saturated rings. The summed E-state index contributed by atoms with van der Waals surface area (Å²) in [6.07, 6.45) is 1.78. The van der Waals surface area contributed by atoms with Crippen LogP contribution in [0.3, 0.4) is 0 Å². The Morgan fingerprint density at radius 1 is 1.06 bits per heavy atom. The lowest BCUT2D eigenvalue weighted by Crippen LogP contribution is -2.51. The first-order valence-electron chi connectivity index (χ1n) is 11.3. The Kier molecular flexibility index (Phi) is 9.94. The fourth-order valence-electron chi connectivity index (χ4n) is 3.54. The first-order valence-corrected chi connectivity index (χ1v) is 13.2. The summed E-state index contributed by atoms with van der Waals surface area (Å²) in [5, 5.41) is 2.82. The minimum absolute atomic E-state index is 0.162. The van der Waals surface area contributed by atoms with Gasteiger partial charge in [-0.15, -0.1) is 0 Å². The fourth-order valence-corrected chi connectivity index (χ4v) is 4.38. The molecular weight excluding hydrogens is 470 g/mol. The van der Waals surface area contributed by atoms with Crippen molar-refractivity contribution in [3.8, 4) is 11.5 Å². The van der Waals surface area contributed by atoms with Crippen LogP contribution in [-0.2, 0) is 26.2 Å². The monoisotopic (exact) mass is 505 g/mol. The lowest BCUT2D eigenvalue weighted by molar-refractivity contribution is -0.139. The maximum absolute atomic E-state index is 13.6. The van der Waals surface area contributed by atoms with E-state index in [1.165, 1.54) is 25.2 Å². The van der Waals surface area contributed by atoms with Crippen molar-refractivity contribution in [3.63, 3.8) is 0 Å². The zero-order valence-corrected chi connectivity index (χ0v) is 22.0. The summed E-state index contributed by atoms with van der Waals surface area (Å²) >= 11 is 0. The Morgan fingerprint density at radius 3 is 2.29 bits per heavy atom. The van der Waals surface area contributed by atoms with Crippen molar-refractivity contribution < 1.29 is 27.5 Å². The minimum atomic E-state index is -3.84. The molecule has 0 aliphatic heterocycles. The van der Waals surface area contributed by atoms with Gasteiger partial charge in [0.25, 0.3) is 0 Å². The third kappa shape index (κ3) is 7.35. The summed E-state index contributed by atoms with van der Waals surface area (Å²) in [6, 6.07) is 11.4. The van der Waals surface area contributed by atoms with Gasteiger partial charge < -0.3 is 19.7 Å². The Labute approximate surface area is 208 Å². The van der Waals surface area contributed by atoms with E-state index < -0.39 is 28.5 Å². The third-order valence-corrected chi connectivity index (χ3v) is 6.79. The molecule has 0 aliphatic rings. The fraction of sp³-hybridized carbons (Fsp3) is 0.440. The smallest absolute Gasteiger partial charge is 0.244 e. The van der Waals surface area contributed by atoms with Crippen LogP contribution in [0.1, 0.15) is 31.4 Å². The number of benzene rings is 2. The van der Waals surface area contributed by atoms with E-state index >= 15 is 0 Å². The second-order valence-corrected chi connectivity index (χ2v) is 10.1. The molecular formula is C25H35N3O6S. The SMILES string of the molecule is CCCNC(=O)C(C)N(Cc1ccccc1C)C(=O)CN(c1ccc(OC)c(OC)c1)S(C)(=O)=O. The number of ether oxygens (including phenoxy) is 2. The van der Waals surface area contributed by atoms with Gasteiger partial charge in [-0.2, -0.15) is 0 Å². The van der Waals surface area contributed by atoms with Crippen molar-refractivity contribution in [1.29, 1.82) is 0 Å². The zero-order valence-electron chi connectivity index (χ0n) is 21.2. The number of rotatable bonds is 12. The summed E-state index contributed by atoms with van der Waals surface area (Å²) in [5.41, 5.74) is 2.08. The number of hydrogen-bond acceptors (Lipinski definition) is 6. The van der Waals surface area contributed by atoms with E-state index in [1.807, 2.05) is 38.1 Å².